The van der Waals surface area contributed by atoms with Crippen LogP contribution in [-0.4, -0.2) is 38.8 Å². The van der Waals surface area contributed by atoms with Gasteiger partial charge < -0.3 is 20.9 Å². The molecule has 0 saturated carbocycles. The highest BCUT2D eigenvalue weighted by molar-refractivity contribution is 6.34. The Balaban J connectivity index is 1.66. The van der Waals surface area contributed by atoms with Crippen molar-refractivity contribution in [3.63, 3.8) is 0 Å². The van der Waals surface area contributed by atoms with Gasteiger partial charge in [0.25, 0.3) is 0 Å². The van der Waals surface area contributed by atoms with Gasteiger partial charge in [0, 0.05) is 17.7 Å². The molecule has 11 heteroatoms. The number of carbonyl (C=O) groups is 1. The Morgan fingerprint density at radius 1 is 1.24 bits per heavy atom. The van der Waals surface area contributed by atoms with Gasteiger partial charge in [0.05, 0.1) is 33.7 Å². The second-order valence-electron chi connectivity index (χ2n) is 7.70. The molecule has 1 aliphatic heterocycles. The summed E-state index contributed by atoms with van der Waals surface area (Å²) >= 11 is 6.20. The van der Waals surface area contributed by atoms with Crippen LogP contribution in [0.1, 0.15) is 39.5 Å². The number of β-amino-alcohol motifs (C(OH)–C–C–N with tert-alkyl or cyclic N) is 1. The molecule has 0 fully saturated rings. The van der Waals surface area contributed by atoms with Crippen molar-refractivity contribution < 1.29 is 23.4 Å². The lowest BCUT2D eigenvalue weighted by Gasteiger charge is -2.28. The van der Waals surface area contributed by atoms with Gasteiger partial charge in [0.1, 0.15) is 11.9 Å². The molecule has 0 bridgehead atoms. The second-order valence-corrected chi connectivity index (χ2v) is 8.11. The number of imidazole rings is 1. The number of carbonyl (C=O) groups excluding carboxylic acids is 1. The number of hydrogen-bond acceptors (Lipinski definition) is 6. The van der Waals surface area contributed by atoms with Gasteiger partial charge in [0.15, 0.2) is 5.65 Å². The number of para-hydroxylation sites is 1. The Hall–Kier alpha value is -3.60. The van der Waals surface area contributed by atoms with Crippen molar-refractivity contribution in [2.75, 3.05) is 6.54 Å². The summed E-state index contributed by atoms with van der Waals surface area (Å²) in [5, 5.41) is 18.6. The smallest absolute Gasteiger partial charge is 0.387 e. The molecule has 3 heterocycles. The monoisotopic (exact) mass is 485 g/mol. The van der Waals surface area contributed by atoms with Gasteiger partial charge in [-0.1, -0.05) is 35.9 Å². The third-order valence-corrected chi connectivity index (χ3v) is 5.93. The fraction of sp³-hybridized carbons (Fsp3) is 0.174. The molecule has 1 amide bonds. The molecule has 1 aliphatic rings. The van der Waals surface area contributed by atoms with E-state index in [1.807, 2.05) is 0 Å². The van der Waals surface area contributed by atoms with Gasteiger partial charge in [-0.05, 0) is 30.3 Å². The number of hydrogen-bond donors (Lipinski definition) is 3. The van der Waals surface area contributed by atoms with Gasteiger partial charge in [-0.15, -0.1) is 0 Å². The Morgan fingerprint density at radius 3 is 2.76 bits per heavy atom. The standard InChI is InChI=1S/C23H18ClF2N5O3/c24-14-9-11(5-6-12(14)22(27)33)15-7-8-18-29-20-16(32)10-28-19(21(20)31(18)30-15)13-3-1-2-4-17(13)34-23(25)26/h1-9,16,19,23,28,32H,10H2,(H2,27,33). The molecule has 2 atom stereocenters. The number of nitrogens with one attached hydrogen (secondary N) is 1. The van der Waals surface area contributed by atoms with E-state index in [9.17, 15) is 18.7 Å². The first-order chi connectivity index (χ1) is 16.3. The van der Waals surface area contributed by atoms with E-state index < -0.39 is 24.7 Å². The summed E-state index contributed by atoms with van der Waals surface area (Å²) < 4.78 is 32.3. The van der Waals surface area contributed by atoms with Crippen LogP contribution in [0.15, 0.2) is 54.6 Å². The number of benzene rings is 2. The minimum absolute atomic E-state index is 0.0114. The predicted molar refractivity (Wildman–Crippen MR) is 120 cm³/mol. The molecule has 2 aromatic heterocycles. The lowest BCUT2D eigenvalue weighted by molar-refractivity contribution is -0.0507. The van der Waals surface area contributed by atoms with Gasteiger partial charge in [0.2, 0.25) is 5.91 Å². The largest absolute Gasteiger partial charge is 0.434 e. The van der Waals surface area contributed by atoms with E-state index >= 15 is 0 Å². The maximum atomic E-state index is 13.0. The van der Waals surface area contributed by atoms with Gasteiger partial charge in [-0.25, -0.2) is 9.50 Å². The zero-order valence-corrected chi connectivity index (χ0v) is 18.2. The van der Waals surface area contributed by atoms with Crippen molar-refractivity contribution in [1.29, 1.82) is 0 Å². The minimum Gasteiger partial charge on any atom is -0.434 e. The molecule has 8 nitrogen and oxygen atoms in total. The van der Waals surface area contributed by atoms with Crippen LogP contribution in [0.2, 0.25) is 5.02 Å². The zero-order valence-electron chi connectivity index (χ0n) is 17.5. The number of amides is 1. The lowest BCUT2D eigenvalue weighted by Crippen LogP contribution is -2.35. The molecular formula is C23H18ClF2N5O3. The number of aliphatic hydroxyl groups excluding tert-OH is 1. The summed E-state index contributed by atoms with van der Waals surface area (Å²) in [4.78, 5) is 16.0. The number of ether oxygens (including phenoxy) is 1. The van der Waals surface area contributed by atoms with Crippen molar-refractivity contribution in [3.8, 4) is 17.0 Å². The van der Waals surface area contributed by atoms with Crippen molar-refractivity contribution in [2.45, 2.75) is 18.8 Å². The molecule has 2 aromatic carbocycles. The first-order valence-electron chi connectivity index (χ1n) is 10.3. The summed E-state index contributed by atoms with van der Waals surface area (Å²) in [6, 6.07) is 14.0. The third-order valence-electron chi connectivity index (χ3n) is 5.62. The third kappa shape index (κ3) is 3.85. The van der Waals surface area contributed by atoms with Crippen LogP contribution in [-0.2, 0) is 0 Å². The van der Waals surface area contributed by atoms with Crippen molar-refractivity contribution in [3.05, 3.63) is 82.1 Å². The predicted octanol–water partition coefficient (Wildman–Crippen LogP) is 3.48. The van der Waals surface area contributed by atoms with E-state index in [0.29, 0.717) is 33.9 Å². The molecule has 5 rings (SSSR count). The van der Waals surface area contributed by atoms with Gasteiger partial charge >= 0.3 is 6.61 Å². The molecule has 174 valence electrons. The topological polar surface area (TPSA) is 115 Å². The van der Waals surface area contributed by atoms with Crippen molar-refractivity contribution in [2.24, 2.45) is 5.73 Å². The normalized spacial score (nSPS) is 17.7. The van der Waals surface area contributed by atoms with Crippen molar-refractivity contribution in [1.82, 2.24) is 19.9 Å². The number of nitrogens with two attached hydrogens (primary N) is 1. The maximum Gasteiger partial charge on any atom is 0.387 e. The molecule has 0 radical (unpaired) electrons. The van der Waals surface area contributed by atoms with Crippen LogP contribution >= 0.6 is 11.6 Å². The molecular weight excluding hydrogens is 468 g/mol. The molecule has 0 saturated heterocycles. The number of aliphatic hydroxyl groups is 1. The van der Waals surface area contributed by atoms with Crippen LogP contribution in [0.25, 0.3) is 16.9 Å². The number of fused-ring (bicyclic) bond motifs is 3. The Bertz CT molecular complexity index is 1410. The zero-order chi connectivity index (χ0) is 24.0. The molecule has 0 aliphatic carbocycles. The second kappa shape index (κ2) is 8.64. The highest BCUT2D eigenvalue weighted by Gasteiger charge is 2.34. The number of halogens is 3. The van der Waals surface area contributed by atoms with E-state index in [-0.39, 0.29) is 22.9 Å². The summed E-state index contributed by atoms with van der Waals surface area (Å²) in [6.07, 6.45) is -0.913. The van der Waals surface area contributed by atoms with E-state index in [1.165, 1.54) is 12.1 Å². The molecule has 34 heavy (non-hydrogen) atoms. The highest BCUT2D eigenvalue weighted by atomic mass is 35.5. The SMILES string of the molecule is NC(=O)c1ccc(-c2ccc3nc4c(n3n2)C(c2ccccc2OC(F)F)NCC4O)cc1Cl. The average Bonchev–Trinajstić information content (AvgIpc) is 3.19. The van der Waals surface area contributed by atoms with Crippen molar-refractivity contribution >= 4 is 23.2 Å². The number of aromatic nitrogens is 3. The van der Waals surface area contributed by atoms with Gasteiger partial charge in [-0.2, -0.15) is 13.9 Å². The first-order valence-corrected chi connectivity index (χ1v) is 10.7. The van der Waals surface area contributed by atoms with E-state index in [0.717, 1.165) is 0 Å². The van der Waals surface area contributed by atoms with E-state index in [2.05, 4.69) is 15.4 Å². The Labute approximate surface area is 196 Å². The van der Waals surface area contributed by atoms with E-state index in [1.54, 1.807) is 47.0 Å². The Morgan fingerprint density at radius 2 is 2.03 bits per heavy atom. The van der Waals surface area contributed by atoms with Crippen LogP contribution in [0, 0.1) is 0 Å². The fourth-order valence-corrected chi connectivity index (χ4v) is 4.39. The fourth-order valence-electron chi connectivity index (χ4n) is 4.11. The number of alkyl halides is 2. The molecule has 4 N–H and O–H groups in total. The summed E-state index contributed by atoms with van der Waals surface area (Å²) in [5.74, 6) is -0.631. The average molecular weight is 486 g/mol. The lowest BCUT2D eigenvalue weighted by atomic mass is 9.96. The molecule has 2 unspecified atom stereocenters. The van der Waals surface area contributed by atoms with Crippen LogP contribution in [0.5, 0.6) is 5.75 Å². The minimum atomic E-state index is -2.99. The number of rotatable bonds is 5. The molecule has 0 spiro atoms. The summed E-state index contributed by atoms with van der Waals surface area (Å²) in [5.41, 5.74) is 8.47. The summed E-state index contributed by atoms with van der Waals surface area (Å²) in [6.45, 7) is -2.82. The highest BCUT2D eigenvalue weighted by Crippen LogP contribution is 2.37. The quantitative estimate of drug-likeness (QED) is 0.399. The van der Waals surface area contributed by atoms with E-state index in [4.69, 9.17) is 22.1 Å². The van der Waals surface area contributed by atoms with Crippen LogP contribution in [0.4, 0.5) is 8.78 Å². The first kappa shape index (κ1) is 22.2. The Kier molecular flexibility index (Phi) is 5.64. The van der Waals surface area contributed by atoms with Crippen LogP contribution in [0.3, 0.4) is 0 Å². The maximum absolute atomic E-state index is 13.0. The van der Waals surface area contributed by atoms with Crippen LogP contribution < -0.4 is 15.8 Å². The number of nitrogens with zero attached hydrogens (tertiary/aromatic N) is 3. The molecule has 4 aromatic rings. The number of primary amides is 1. The van der Waals surface area contributed by atoms with Gasteiger partial charge in [-0.3, -0.25) is 4.79 Å². The summed E-state index contributed by atoms with van der Waals surface area (Å²) in [7, 11) is 0.